The van der Waals surface area contributed by atoms with E-state index >= 15 is 0 Å². The highest BCUT2D eigenvalue weighted by Gasteiger charge is 2.33. The average Bonchev–Trinajstić information content (AvgIpc) is 2.25. The van der Waals surface area contributed by atoms with Crippen molar-refractivity contribution in [2.24, 2.45) is 11.0 Å². The van der Waals surface area contributed by atoms with Crippen LogP contribution in [0.3, 0.4) is 0 Å². The maximum absolute atomic E-state index is 11.5. The van der Waals surface area contributed by atoms with Crippen molar-refractivity contribution in [1.82, 2.24) is 0 Å². The molecule has 0 aliphatic carbocycles. The molecule has 0 spiro atoms. The first-order valence-electron chi connectivity index (χ1n) is 4.49. The Labute approximate surface area is 101 Å². The van der Waals surface area contributed by atoms with Gasteiger partial charge >= 0.3 is 19.0 Å². The van der Waals surface area contributed by atoms with Gasteiger partial charge in [-0.3, -0.25) is 40.5 Å². The minimum Gasteiger partial charge on any atom is -0.296 e. The normalized spacial score (nSPS) is 11.1. The van der Waals surface area contributed by atoms with Gasteiger partial charge < -0.3 is 0 Å². The molecular weight excluding hydrogens is 265 g/mol. The van der Waals surface area contributed by atoms with Crippen molar-refractivity contribution in [3.8, 4) is 0 Å². The van der Waals surface area contributed by atoms with E-state index in [1.807, 2.05) is 0 Å². The minimum absolute atomic E-state index is 0.275. The molecule has 1 rings (SSSR count). The molecule has 1 aromatic rings. The first kappa shape index (κ1) is 14.0. The van der Waals surface area contributed by atoms with Crippen molar-refractivity contribution in [2.45, 2.75) is 0 Å². The molecule has 18 heavy (non-hydrogen) atoms. The molecule has 11 heteroatoms. The molecule has 4 N–H and O–H groups in total. The van der Waals surface area contributed by atoms with E-state index in [1.165, 1.54) is 12.1 Å². The number of nitro benzene ring substituents is 2. The number of nitro groups is 2. The lowest BCUT2D eigenvalue weighted by Gasteiger charge is -2.21. The summed E-state index contributed by atoms with van der Waals surface area (Å²) in [5, 5.41) is 21.6. The Hall–Kier alpha value is -2.03. The lowest BCUT2D eigenvalue weighted by Crippen LogP contribution is -2.25. The number of hydrogen-bond donors (Lipinski definition) is 2. The summed E-state index contributed by atoms with van der Waals surface area (Å²) in [6, 6.07) is 3.36. The predicted octanol–water partition coefficient (Wildman–Crippen LogP) is 0.965. The SMILES string of the molecule is CN(c1cccc([N+](=O)[O-])c1[N+](=O)[O-])P(N)(N)=O. The van der Waals surface area contributed by atoms with Gasteiger partial charge in [0.05, 0.1) is 9.85 Å². The van der Waals surface area contributed by atoms with Gasteiger partial charge in [-0.2, -0.15) is 0 Å². The maximum Gasteiger partial charge on any atom is 0.369 e. The van der Waals surface area contributed by atoms with Crippen molar-refractivity contribution in [3.05, 3.63) is 38.4 Å². The quantitative estimate of drug-likeness (QED) is 0.466. The fourth-order valence-corrected chi connectivity index (χ4v) is 1.78. The van der Waals surface area contributed by atoms with Crippen LogP contribution in [0.5, 0.6) is 0 Å². The Morgan fingerprint density at radius 3 is 2.17 bits per heavy atom. The predicted molar refractivity (Wildman–Crippen MR) is 64.1 cm³/mol. The number of nitrogens with two attached hydrogens (primary N) is 2. The summed E-state index contributed by atoms with van der Waals surface area (Å²) in [7, 11) is -2.63. The molecule has 0 aromatic heterocycles. The lowest BCUT2D eigenvalue weighted by atomic mass is 10.2. The highest BCUT2D eigenvalue weighted by molar-refractivity contribution is 7.60. The van der Waals surface area contributed by atoms with Crippen molar-refractivity contribution in [2.75, 3.05) is 11.7 Å². The molecule has 10 nitrogen and oxygen atoms in total. The number of benzene rings is 1. The molecule has 1 aromatic carbocycles. The summed E-state index contributed by atoms with van der Waals surface area (Å²) in [5.41, 5.74) is 8.54. The third-order valence-electron chi connectivity index (χ3n) is 2.19. The summed E-state index contributed by atoms with van der Waals surface area (Å²) < 4.78 is 12.2. The second-order valence-corrected chi connectivity index (χ2v) is 5.30. The standard InChI is InChI=1S/C7H10N5O5P/c1-10(18(8,9)17)5-3-2-4-6(11(13)14)7(5)12(15)16/h2-4H,1H3,(H4,8,9,17). The van der Waals surface area contributed by atoms with Gasteiger partial charge in [-0.1, -0.05) is 6.07 Å². The van der Waals surface area contributed by atoms with Crippen LogP contribution in [-0.2, 0) is 4.57 Å². The van der Waals surface area contributed by atoms with Gasteiger partial charge in [0, 0.05) is 13.1 Å². The van der Waals surface area contributed by atoms with Crippen LogP contribution in [0.15, 0.2) is 18.2 Å². The number of para-hydroxylation sites is 1. The molecule has 0 heterocycles. The molecular formula is C7H10N5O5P. The Balaban J connectivity index is 3.55. The zero-order valence-electron chi connectivity index (χ0n) is 9.22. The largest absolute Gasteiger partial charge is 0.369 e. The van der Waals surface area contributed by atoms with Crippen molar-refractivity contribution < 1.29 is 14.4 Å². The first-order chi connectivity index (χ1) is 8.16. The van der Waals surface area contributed by atoms with Crippen LogP contribution < -0.4 is 15.7 Å². The van der Waals surface area contributed by atoms with Gasteiger partial charge in [-0.25, -0.2) is 0 Å². The molecule has 0 amide bonds. The molecule has 0 bridgehead atoms. The van der Waals surface area contributed by atoms with E-state index in [9.17, 15) is 24.8 Å². The van der Waals surface area contributed by atoms with Crippen LogP contribution in [0.2, 0.25) is 0 Å². The van der Waals surface area contributed by atoms with Crippen LogP contribution in [0.1, 0.15) is 0 Å². The maximum atomic E-state index is 11.5. The molecule has 0 fully saturated rings. The fraction of sp³-hybridized carbons (Fsp3) is 0.143. The third kappa shape index (κ3) is 2.62. The fourth-order valence-electron chi connectivity index (χ4n) is 1.28. The first-order valence-corrected chi connectivity index (χ1v) is 6.29. The Kier molecular flexibility index (Phi) is 3.65. The number of nitrogens with zero attached hydrogens (tertiary/aromatic N) is 3. The Morgan fingerprint density at radius 2 is 1.78 bits per heavy atom. The van der Waals surface area contributed by atoms with Crippen molar-refractivity contribution >= 4 is 24.7 Å². The van der Waals surface area contributed by atoms with Crippen molar-refractivity contribution in [3.63, 3.8) is 0 Å². The van der Waals surface area contributed by atoms with Gasteiger partial charge in [0.15, 0.2) is 0 Å². The Bertz CT molecular complexity index is 555. The topological polar surface area (TPSA) is 159 Å². The summed E-state index contributed by atoms with van der Waals surface area (Å²) in [5.74, 6) is 0. The third-order valence-corrected chi connectivity index (χ3v) is 3.34. The van der Waals surface area contributed by atoms with Gasteiger partial charge in [-0.05, 0) is 6.07 Å². The molecule has 0 saturated carbocycles. The van der Waals surface area contributed by atoms with Crippen LogP contribution in [-0.4, -0.2) is 16.9 Å². The number of anilines is 1. The van der Waals surface area contributed by atoms with E-state index in [0.29, 0.717) is 0 Å². The van der Waals surface area contributed by atoms with E-state index in [1.54, 1.807) is 0 Å². The van der Waals surface area contributed by atoms with E-state index in [4.69, 9.17) is 11.0 Å². The lowest BCUT2D eigenvalue weighted by molar-refractivity contribution is -0.421. The second-order valence-electron chi connectivity index (χ2n) is 3.36. The van der Waals surface area contributed by atoms with Crippen molar-refractivity contribution in [1.29, 1.82) is 0 Å². The van der Waals surface area contributed by atoms with Crippen LogP contribution in [0.4, 0.5) is 17.1 Å². The highest BCUT2D eigenvalue weighted by Crippen LogP contribution is 2.43. The van der Waals surface area contributed by atoms with Gasteiger partial charge in [0.1, 0.15) is 5.69 Å². The molecule has 0 unspecified atom stereocenters. The van der Waals surface area contributed by atoms with Crippen LogP contribution >= 0.6 is 7.59 Å². The van der Waals surface area contributed by atoms with E-state index in [0.717, 1.165) is 17.8 Å². The minimum atomic E-state index is -3.79. The molecule has 0 atom stereocenters. The monoisotopic (exact) mass is 275 g/mol. The molecule has 0 saturated heterocycles. The highest BCUT2D eigenvalue weighted by atomic mass is 31.2. The van der Waals surface area contributed by atoms with E-state index in [-0.39, 0.29) is 5.69 Å². The summed E-state index contributed by atoms with van der Waals surface area (Å²) in [6.45, 7) is 0. The molecule has 0 aliphatic heterocycles. The summed E-state index contributed by atoms with van der Waals surface area (Å²) >= 11 is 0. The molecule has 0 aliphatic rings. The van der Waals surface area contributed by atoms with Gasteiger partial charge in [0.2, 0.25) is 0 Å². The second kappa shape index (κ2) is 4.69. The van der Waals surface area contributed by atoms with Crippen LogP contribution in [0.25, 0.3) is 0 Å². The zero-order chi connectivity index (χ0) is 14.1. The zero-order valence-corrected chi connectivity index (χ0v) is 10.1. The van der Waals surface area contributed by atoms with E-state index in [2.05, 4.69) is 0 Å². The Morgan fingerprint density at radius 1 is 1.22 bits per heavy atom. The smallest absolute Gasteiger partial charge is 0.296 e. The van der Waals surface area contributed by atoms with Crippen LogP contribution in [0, 0.1) is 20.2 Å². The summed E-state index contributed by atoms with van der Waals surface area (Å²) in [4.78, 5) is 19.7. The van der Waals surface area contributed by atoms with Gasteiger partial charge in [-0.15, -0.1) is 0 Å². The van der Waals surface area contributed by atoms with Gasteiger partial charge in [0.25, 0.3) is 0 Å². The summed E-state index contributed by atoms with van der Waals surface area (Å²) in [6.07, 6.45) is 0. The van der Waals surface area contributed by atoms with E-state index < -0.39 is 28.8 Å². The average molecular weight is 275 g/mol. The number of hydrogen-bond acceptors (Lipinski definition) is 5. The number of rotatable bonds is 4. The molecule has 98 valence electrons. The molecule has 0 radical (unpaired) electrons.